The van der Waals surface area contributed by atoms with Crippen LogP contribution in [-0.4, -0.2) is 17.5 Å². The summed E-state index contributed by atoms with van der Waals surface area (Å²) < 4.78 is 0. The molecule has 0 aromatic heterocycles. The van der Waals surface area contributed by atoms with Crippen molar-refractivity contribution < 1.29 is 9.90 Å². The smallest absolute Gasteiger partial charge is 0.161 e. The SMILES string of the molecule is CC1CC=CC(=O)C1(C)CCO. The molecular formula is C10H16O2. The molecule has 68 valence electrons. The average Bonchev–Trinajstić information content (AvgIpc) is 2.02. The van der Waals surface area contributed by atoms with E-state index in [0.29, 0.717) is 12.3 Å². The molecule has 0 amide bonds. The zero-order valence-corrected chi connectivity index (χ0v) is 7.71. The number of aliphatic hydroxyl groups excluding tert-OH is 1. The molecule has 0 saturated heterocycles. The van der Waals surface area contributed by atoms with Crippen LogP contribution in [0.2, 0.25) is 0 Å². The van der Waals surface area contributed by atoms with Crippen LogP contribution < -0.4 is 0 Å². The first-order chi connectivity index (χ1) is 5.61. The van der Waals surface area contributed by atoms with Crippen molar-refractivity contribution in [1.82, 2.24) is 0 Å². The van der Waals surface area contributed by atoms with E-state index in [2.05, 4.69) is 6.92 Å². The predicted molar refractivity (Wildman–Crippen MR) is 47.7 cm³/mol. The number of hydrogen-bond donors (Lipinski definition) is 1. The summed E-state index contributed by atoms with van der Waals surface area (Å²) in [5.74, 6) is 0.512. The highest BCUT2D eigenvalue weighted by Gasteiger charge is 2.37. The first-order valence-electron chi connectivity index (χ1n) is 4.43. The van der Waals surface area contributed by atoms with Gasteiger partial charge in [0.1, 0.15) is 0 Å². The van der Waals surface area contributed by atoms with Gasteiger partial charge in [-0.3, -0.25) is 4.79 Å². The highest BCUT2D eigenvalue weighted by molar-refractivity contribution is 5.95. The largest absolute Gasteiger partial charge is 0.396 e. The van der Waals surface area contributed by atoms with E-state index in [1.165, 1.54) is 0 Å². The lowest BCUT2D eigenvalue weighted by Crippen LogP contribution is -2.36. The third kappa shape index (κ3) is 1.44. The van der Waals surface area contributed by atoms with Gasteiger partial charge in [0, 0.05) is 12.0 Å². The normalized spacial score (nSPS) is 35.6. The number of carbonyl (C=O) groups excluding carboxylic acids is 1. The second-order valence-corrected chi connectivity index (χ2v) is 3.79. The molecule has 2 heteroatoms. The number of ketones is 1. The lowest BCUT2D eigenvalue weighted by atomic mass is 9.68. The van der Waals surface area contributed by atoms with E-state index in [1.54, 1.807) is 6.08 Å². The Morgan fingerprint density at radius 2 is 2.42 bits per heavy atom. The van der Waals surface area contributed by atoms with Gasteiger partial charge in [0.2, 0.25) is 0 Å². The third-order valence-corrected chi connectivity index (χ3v) is 3.04. The molecule has 0 aliphatic heterocycles. The maximum Gasteiger partial charge on any atom is 0.161 e. The van der Waals surface area contributed by atoms with Crippen molar-refractivity contribution >= 4 is 5.78 Å². The van der Waals surface area contributed by atoms with Crippen LogP contribution in [-0.2, 0) is 4.79 Å². The number of hydrogen-bond acceptors (Lipinski definition) is 2. The van der Waals surface area contributed by atoms with Gasteiger partial charge in [0.25, 0.3) is 0 Å². The van der Waals surface area contributed by atoms with Gasteiger partial charge in [-0.05, 0) is 24.8 Å². The van der Waals surface area contributed by atoms with Gasteiger partial charge >= 0.3 is 0 Å². The minimum atomic E-state index is -0.330. The number of rotatable bonds is 2. The highest BCUT2D eigenvalue weighted by atomic mass is 16.3. The van der Waals surface area contributed by atoms with Crippen LogP contribution in [0.5, 0.6) is 0 Å². The fourth-order valence-electron chi connectivity index (χ4n) is 1.67. The van der Waals surface area contributed by atoms with Gasteiger partial charge in [-0.25, -0.2) is 0 Å². The first kappa shape index (κ1) is 9.46. The maximum atomic E-state index is 11.5. The summed E-state index contributed by atoms with van der Waals surface area (Å²) in [6, 6.07) is 0. The van der Waals surface area contributed by atoms with E-state index in [4.69, 9.17) is 5.11 Å². The van der Waals surface area contributed by atoms with E-state index in [9.17, 15) is 4.79 Å². The number of aliphatic hydroxyl groups is 1. The Morgan fingerprint density at radius 3 is 2.92 bits per heavy atom. The molecule has 1 aliphatic rings. The molecule has 0 heterocycles. The summed E-state index contributed by atoms with van der Waals surface area (Å²) in [4.78, 5) is 11.5. The third-order valence-electron chi connectivity index (χ3n) is 3.04. The standard InChI is InChI=1S/C10H16O2/c1-8-4-3-5-9(12)10(8,2)6-7-11/h3,5,8,11H,4,6-7H2,1-2H3. The molecule has 0 saturated carbocycles. The van der Waals surface area contributed by atoms with Gasteiger partial charge in [0.05, 0.1) is 0 Å². The molecule has 2 atom stereocenters. The Balaban J connectivity index is 2.83. The van der Waals surface area contributed by atoms with Gasteiger partial charge in [-0.1, -0.05) is 19.9 Å². The predicted octanol–water partition coefficient (Wildman–Crippen LogP) is 1.54. The molecular weight excluding hydrogens is 152 g/mol. The van der Waals surface area contributed by atoms with E-state index in [-0.39, 0.29) is 17.8 Å². The van der Waals surface area contributed by atoms with Crippen molar-refractivity contribution in [2.45, 2.75) is 26.7 Å². The van der Waals surface area contributed by atoms with E-state index in [0.717, 1.165) is 6.42 Å². The van der Waals surface area contributed by atoms with E-state index < -0.39 is 0 Å². The minimum Gasteiger partial charge on any atom is -0.396 e. The molecule has 2 nitrogen and oxygen atoms in total. The molecule has 0 fully saturated rings. The molecule has 0 aromatic carbocycles. The molecule has 0 bridgehead atoms. The van der Waals surface area contributed by atoms with Gasteiger partial charge in [0.15, 0.2) is 5.78 Å². The molecule has 1 rings (SSSR count). The quantitative estimate of drug-likeness (QED) is 0.679. The van der Waals surface area contributed by atoms with E-state index >= 15 is 0 Å². The van der Waals surface area contributed by atoms with Gasteiger partial charge in [-0.15, -0.1) is 0 Å². The van der Waals surface area contributed by atoms with Crippen LogP contribution in [0.4, 0.5) is 0 Å². The van der Waals surface area contributed by atoms with Crippen LogP contribution in [0.1, 0.15) is 26.7 Å². The van der Waals surface area contributed by atoms with Crippen molar-refractivity contribution in [3.63, 3.8) is 0 Å². The molecule has 0 aromatic rings. The van der Waals surface area contributed by atoms with Crippen molar-refractivity contribution in [3.05, 3.63) is 12.2 Å². The van der Waals surface area contributed by atoms with Crippen LogP contribution in [0.25, 0.3) is 0 Å². The Labute approximate surface area is 73.3 Å². The number of carbonyl (C=O) groups is 1. The zero-order chi connectivity index (χ0) is 9.19. The average molecular weight is 168 g/mol. The Bertz CT molecular complexity index is 208. The molecule has 0 spiro atoms. The van der Waals surface area contributed by atoms with Gasteiger partial charge in [-0.2, -0.15) is 0 Å². The number of allylic oxidation sites excluding steroid dienone is 2. The molecule has 12 heavy (non-hydrogen) atoms. The zero-order valence-electron chi connectivity index (χ0n) is 7.71. The fourth-order valence-corrected chi connectivity index (χ4v) is 1.67. The van der Waals surface area contributed by atoms with Crippen molar-refractivity contribution in [2.75, 3.05) is 6.61 Å². The Hall–Kier alpha value is -0.630. The molecule has 1 aliphatic carbocycles. The highest BCUT2D eigenvalue weighted by Crippen LogP contribution is 2.37. The summed E-state index contributed by atoms with van der Waals surface area (Å²) in [5, 5.41) is 8.84. The summed E-state index contributed by atoms with van der Waals surface area (Å²) >= 11 is 0. The minimum absolute atomic E-state index is 0.0976. The topological polar surface area (TPSA) is 37.3 Å². The summed E-state index contributed by atoms with van der Waals surface area (Å²) in [7, 11) is 0. The summed E-state index contributed by atoms with van der Waals surface area (Å²) in [6.07, 6.45) is 5.10. The first-order valence-corrected chi connectivity index (χ1v) is 4.43. The van der Waals surface area contributed by atoms with Crippen molar-refractivity contribution in [1.29, 1.82) is 0 Å². The van der Waals surface area contributed by atoms with Crippen LogP contribution in [0.3, 0.4) is 0 Å². The lowest BCUT2D eigenvalue weighted by Gasteiger charge is -2.34. The fraction of sp³-hybridized carbons (Fsp3) is 0.700. The van der Waals surface area contributed by atoms with Crippen molar-refractivity contribution in [3.8, 4) is 0 Å². The summed E-state index contributed by atoms with van der Waals surface area (Å²) in [6.45, 7) is 4.11. The Morgan fingerprint density at radius 1 is 1.75 bits per heavy atom. The second kappa shape index (κ2) is 3.40. The second-order valence-electron chi connectivity index (χ2n) is 3.79. The van der Waals surface area contributed by atoms with Crippen molar-refractivity contribution in [2.24, 2.45) is 11.3 Å². The van der Waals surface area contributed by atoms with Gasteiger partial charge < -0.3 is 5.11 Å². The molecule has 1 N–H and O–H groups in total. The van der Waals surface area contributed by atoms with Crippen LogP contribution >= 0.6 is 0 Å². The molecule has 2 unspecified atom stereocenters. The van der Waals surface area contributed by atoms with Crippen LogP contribution in [0.15, 0.2) is 12.2 Å². The summed E-state index contributed by atoms with van der Waals surface area (Å²) in [5.41, 5.74) is -0.330. The Kier molecular flexibility index (Phi) is 2.68. The van der Waals surface area contributed by atoms with Crippen LogP contribution in [0, 0.1) is 11.3 Å². The van der Waals surface area contributed by atoms with E-state index in [1.807, 2.05) is 13.0 Å². The lowest BCUT2D eigenvalue weighted by molar-refractivity contribution is -0.127. The molecule has 0 radical (unpaired) electrons. The monoisotopic (exact) mass is 168 g/mol. The maximum absolute atomic E-state index is 11.5.